The summed E-state index contributed by atoms with van der Waals surface area (Å²) in [5.74, 6) is 6.25. The van der Waals surface area contributed by atoms with Crippen molar-refractivity contribution in [2.45, 2.75) is 38.0 Å². The van der Waals surface area contributed by atoms with Crippen LogP contribution in [0.15, 0.2) is 48.7 Å². The first-order valence-corrected chi connectivity index (χ1v) is 14.7. The number of ether oxygens (including phenoxy) is 1. The predicted molar refractivity (Wildman–Crippen MR) is 163 cm³/mol. The van der Waals surface area contributed by atoms with Gasteiger partial charge in [0.2, 0.25) is 0 Å². The highest BCUT2D eigenvalue weighted by atomic mass is 19.4. The molecule has 5 rings (SSSR count). The number of anilines is 1. The van der Waals surface area contributed by atoms with Gasteiger partial charge in [0, 0.05) is 80.2 Å². The van der Waals surface area contributed by atoms with Crippen molar-refractivity contribution < 1.29 is 22.7 Å². The molecular weight excluding hydrogens is 555 g/mol. The summed E-state index contributed by atoms with van der Waals surface area (Å²) >= 11 is 0. The van der Waals surface area contributed by atoms with Crippen LogP contribution in [0.5, 0.6) is 0 Å². The molecule has 0 unspecified atom stereocenters. The number of carbonyl (C=O) groups is 1. The molecule has 1 atom stereocenters. The van der Waals surface area contributed by atoms with Gasteiger partial charge in [0.25, 0.3) is 5.91 Å². The van der Waals surface area contributed by atoms with E-state index >= 15 is 0 Å². The number of hydrogen-bond donors (Lipinski definition) is 1. The van der Waals surface area contributed by atoms with Crippen LogP contribution in [0.25, 0.3) is 10.9 Å². The second-order valence-corrected chi connectivity index (χ2v) is 12.3. The van der Waals surface area contributed by atoms with E-state index in [1.807, 2.05) is 30.5 Å². The fourth-order valence-electron chi connectivity index (χ4n) is 5.88. The number of H-pyrrole nitrogens is 1. The number of halogens is 3. The molecule has 230 valence electrons. The van der Waals surface area contributed by atoms with E-state index in [1.54, 1.807) is 30.0 Å². The van der Waals surface area contributed by atoms with Crippen molar-refractivity contribution in [3.05, 3.63) is 65.4 Å². The Kier molecular flexibility index (Phi) is 9.07. The van der Waals surface area contributed by atoms with Gasteiger partial charge in [0.1, 0.15) is 0 Å². The number of morpholine rings is 1. The molecule has 43 heavy (non-hydrogen) atoms. The lowest BCUT2D eigenvalue weighted by Gasteiger charge is -2.41. The molecule has 1 amide bonds. The van der Waals surface area contributed by atoms with E-state index in [0.29, 0.717) is 58.0 Å². The molecule has 0 radical (unpaired) electrons. The number of aromatic nitrogens is 1. The van der Waals surface area contributed by atoms with Gasteiger partial charge in [-0.3, -0.25) is 14.6 Å². The van der Waals surface area contributed by atoms with Crippen molar-refractivity contribution in [3.8, 4) is 11.8 Å². The number of para-hydroxylation sites is 1. The maximum Gasteiger partial charge on any atom is 0.416 e. The molecule has 1 aromatic heterocycles. The van der Waals surface area contributed by atoms with E-state index in [-0.39, 0.29) is 23.1 Å². The molecule has 2 aromatic carbocycles. The van der Waals surface area contributed by atoms with E-state index < -0.39 is 11.7 Å². The minimum absolute atomic E-state index is 0.0452. The summed E-state index contributed by atoms with van der Waals surface area (Å²) in [5.41, 5.74) is 1.58. The molecule has 0 bridgehead atoms. The molecule has 0 saturated carbocycles. The van der Waals surface area contributed by atoms with Crippen molar-refractivity contribution in [2.24, 2.45) is 0 Å². The zero-order valence-electron chi connectivity index (χ0n) is 25.3. The number of rotatable bonds is 6. The number of aromatic amines is 1. The zero-order chi connectivity index (χ0) is 30.8. The number of nitrogens with zero attached hydrogens (tertiary/aromatic N) is 4. The molecule has 0 aliphatic carbocycles. The Bertz CT molecular complexity index is 1500. The Morgan fingerprint density at radius 3 is 2.60 bits per heavy atom. The lowest BCUT2D eigenvalue weighted by Crippen LogP contribution is -2.56. The first-order valence-electron chi connectivity index (χ1n) is 14.7. The Balaban J connectivity index is 1.37. The van der Waals surface area contributed by atoms with Crippen molar-refractivity contribution in [2.75, 3.05) is 71.5 Å². The summed E-state index contributed by atoms with van der Waals surface area (Å²) in [6.07, 6.45) is -2.02. The third-order valence-electron chi connectivity index (χ3n) is 8.48. The second kappa shape index (κ2) is 12.6. The largest absolute Gasteiger partial charge is 0.416 e. The van der Waals surface area contributed by atoms with Crippen molar-refractivity contribution in [3.63, 3.8) is 0 Å². The van der Waals surface area contributed by atoms with Crippen LogP contribution in [-0.4, -0.2) is 104 Å². The van der Waals surface area contributed by atoms with Gasteiger partial charge in [-0.15, -0.1) is 0 Å². The maximum absolute atomic E-state index is 13.9. The summed E-state index contributed by atoms with van der Waals surface area (Å²) in [6.45, 7) is 9.34. The smallest absolute Gasteiger partial charge is 0.378 e. The number of fused-ring (bicyclic) bond motifs is 1. The Morgan fingerprint density at radius 1 is 1.09 bits per heavy atom. The van der Waals surface area contributed by atoms with Crippen molar-refractivity contribution >= 4 is 22.5 Å². The Hall–Kier alpha value is -3.52. The highest BCUT2D eigenvalue weighted by Crippen LogP contribution is 2.33. The Morgan fingerprint density at radius 2 is 1.86 bits per heavy atom. The summed E-state index contributed by atoms with van der Waals surface area (Å²) in [4.78, 5) is 25.1. The van der Waals surface area contributed by atoms with Crippen LogP contribution in [0, 0.1) is 11.8 Å². The monoisotopic (exact) mass is 595 g/mol. The van der Waals surface area contributed by atoms with Gasteiger partial charge < -0.3 is 19.5 Å². The quantitative estimate of drug-likeness (QED) is 0.418. The fraction of sp³-hybridized carbons (Fsp3) is 0.485. The highest BCUT2D eigenvalue weighted by molar-refractivity contribution is 5.96. The number of hydrogen-bond acceptors (Lipinski definition) is 5. The Labute approximate surface area is 251 Å². The van der Waals surface area contributed by atoms with E-state index in [1.165, 1.54) is 0 Å². The molecule has 0 spiro atoms. The van der Waals surface area contributed by atoms with Crippen LogP contribution in [0.1, 0.15) is 35.3 Å². The van der Waals surface area contributed by atoms with E-state index in [2.05, 4.69) is 40.5 Å². The molecule has 2 saturated heterocycles. The molecule has 2 fully saturated rings. The number of piperazine rings is 1. The topological polar surface area (TPSA) is 55.1 Å². The van der Waals surface area contributed by atoms with Gasteiger partial charge >= 0.3 is 6.18 Å². The van der Waals surface area contributed by atoms with Gasteiger partial charge in [-0.05, 0) is 50.1 Å². The van der Waals surface area contributed by atoms with Crippen LogP contribution in [-0.2, 0) is 17.3 Å². The molecule has 3 aromatic rings. The lowest BCUT2D eigenvalue weighted by molar-refractivity contribution is -0.137. The van der Waals surface area contributed by atoms with Crippen LogP contribution >= 0.6 is 0 Å². The van der Waals surface area contributed by atoms with Gasteiger partial charge in [-0.25, -0.2) is 0 Å². The van der Waals surface area contributed by atoms with Gasteiger partial charge in [0.15, 0.2) is 0 Å². The zero-order valence-corrected chi connectivity index (χ0v) is 25.3. The average molecular weight is 596 g/mol. The minimum Gasteiger partial charge on any atom is -0.378 e. The summed E-state index contributed by atoms with van der Waals surface area (Å²) in [7, 11) is 3.34. The predicted octanol–water partition coefficient (Wildman–Crippen LogP) is 4.74. The van der Waals surface area contributed by atoms with Crippen LogP contribution in [0.3, 0.4) is 0 Å². The molecule has 10 heteroatoms. The molecule has 1 N–H and O–H groups in total. The van der Waals surface area contributed by atoms with Crippen LogP contribution in [0.4, 0.5) is 18.9 Å². The van der Waals surface area contributed by atoms with Gasteiger partial charge in [0.05, 0.1) is 31.9 Å². The third kappa shape index (κ3) is 7.18. The number of amides is 1. The third-order valence-corrected chi connectivity index (χ3v) is 8.48. The standard InChI is InChI=1S/C33H40F3N5O2/c1-32(2)23-43-16-15-40(32)12-8-7-11-39-13-14-41(28(22-39)19-25-21-37-30-10-6-5-9-29(25)30)31(42)24-17-26(33(34,35)36)20-27(18-24)38(3)4/h5-6,9-10,17-18,20-21,28,37H,11-16,19,22-23H2,1-4H3/t28-/m1/s1. The summed E-state index contributed by atoms with van der Waals surface area (Å²) in [6, 6.07) is 11.4. The molecule has 7 nitrogen and oxygen atoms in total. The van der Waals surface area contributed by atoms with Crippen molar-refractivity contribution in [1.29, 1.82) is 0 Å². The average Bonchev–Trinajstić information content (AvgIpc) is 3.37. The van der Waals surface area contributed by atoms with Gasteiger partial charge in [-0.1, -0.05) is 30.0 Å². The normalized spacial score (nSPS) is 19.7. The number of alkyl halides is 3. The van der Waals surface area contributed by atoms with E-state index in [9.17, 15) is 18.0 Å². The van der Waals surface area contributed by atoms with E-state index in [0.717, 1.165) is 35.1 Å². The minimum atomic E-state index is -4.56. The number of nitrogens with one attached hydrogen (secondary N) is 1. The van der Waals surface area contributed by atoms with Crippen LogP contribution in [0.2, 0.25) is 0 Å². The van der Waals surface area contributed by atoms with Crippen LogP contribution < -0.4 is 4.90 Å². The number of carbonyl (C=O) groups excluding carboxylic acids is 1. The first kappa shape index (κ1) is 30.9. The van der Waals surface area contributed by atoms with E-state index in [4.69, 9.17) is 4.74 Å². The molecule has 2 aliphatic rings. The SMILES string of the molecule is CN(C)c1cc(C(=O)N2CCN(CC#CCN3CCOCC3(C)C)C[C@H]2Cc2c[nH]c3ccccc23)cc(C(F)(F)F)c1. The summed E-state index contributed by atoms with van der Waals surface area (Å²) in [5, 5.41) is 1.08. The maximum atomic E-state index is 13.9. The number of benzene rings is 2. The summed E-state index contributed by atoms with van der Waals surface area (Å²) < 4.78 is 46.9. The molecule has 2 aliphatic heterocycles. The highest BCUT2D eigenvalue weighted by Gasteiger charge is 2.35. The van der Waals surface area contributed by atoms with Gasteiger partial charge in [-0.2, -0.15) is 13.2 Å². The van der Waals surface area contributed by atoms with Crippen molar-refractivity contribution in [1.82, 2.24) is 19.7 Å². The second-order valence-electron chi connectivity index (χ2n) is 12.3. The molecular formula is C33H40F3N5O2. The molecule has 3 heterocycles. The fourth-order valence-corrected chi connectivity index (χ4v) is 5.88. The lowest BCUT2D eigenvalue weighted by atomic mass is 9.99. The first-order chi connectivity index (χ1) is 20.4.